The molecule has 0 aromatic heterocycles. The lowest BCUT2D eigenvalue weighted by atomic mass is 10.1. The maximum Gasteiger partial charge on any atom is 0.251 e. The van der Waals surface area contributed by atoms with Gasteiger partial charge in [-0.25, -0.2) is 0 Å². The molecule has 1 saturated heterocycles. The summed E-state index contributed by atoms with van der Waals surface area (Å²) >= 11 is 0. The van der Waals surface area contributed by atoms with Gasteiger partial charge in [-0.2, -0.15) is 0 Å². The SMILES string of the molecule is COc1cc(C(C)NC(=O)CNC(=O)c2ccc(N3CCCC3=O)cc2)ccc1OCC(C)C. The molecule has 8 heteroatoms. The molecule has 182 valence electrons. The zero-order chi connectivity index (χ0) is 24.7. The van der Waals surface area contributed by atoms with Gasteiger partial charge in [0.15, 0.2) is 11.5 Å². The molecule has 0 radical (unpaired) electrons. The zero-order valence-corrected chi connectivity index (χ0v) is 20.2. The molecule has 2 aromatic carbocycles. The Hall–Kier alpha value is -3.55. The second-order valence-corrected chi connectivity index (χ2v) is 8.78. The van der Waals surface area contributed by atoms with Gasteiger partial charge in [0.25, 0.3) is 5.91 Å². The van der Waals surface area contributed by atoms with E-state index in [0.29, 0.717) is 42.6 Å². The number of methoxy groups -OCH3 is 1. The van der Waals surface area contributed by atoms with Crippen molar-refractivity contribution < 1.29 is 23.9 Å². The lowest BCUT2D eigenvalue weighted by Gasteiger charge is -2.18. The molecule has 3 rings (SSSR count). The van der Waals surface area contributed by atoms with E-state index in [2.05, 4.69) is 24.5 Å². The largest absolute Gasteiger partial charge is 0.493 e. The van der Waals surface area contributed by atoms with Gasteiger partial charge < -0.3 is 25.0 Å². The Morgan fingerprint density at radius 1 is 1.06 bits per heavy atom. The highest BCUT2D eigenvalue weighted by Crippen LogP contribution is 2.30. The Balaban J connectivity index is 1.51. The van der Waals surface area contributed by atoms with Crippen molar-refractivity contribution in [3.8, 4) is 11.5 Å². The molecule has 1 heterocycles. The number of anilines is 1. The van der Waals surface area contributed by atoms with Gasteiger partial charge in [0, 0.05) is 24.2 Å². The van der Waals surface area contributed by atoms with Crippen LogP contribution in [0.2, 0.25) is 0 Å². The molecule has 1 fully saturated rings. The van der Waals surface area contributed by atoms with Crippen LogP contribution in [-0.4, -0.2) is 44.5 Å². The van der Waals surface area contributed by atoms with Gasteiger partial charge in [0.1, 0.15) is 0 Å². The molecule has 1 unspecified atom stereocenters. The van der Waals surface area contributed by atoms with E-state index < -0.39 is 0 Å². The van der Waals surface area contributed by atoms with Crippen molar-refractivity contribution in [2.45, 2.75) is 39.7 Å². The van der Waals surface area contributed by atoms with Gasteiger partial charge >= 0.3 is 0 Å². The summed E-state index contributed by atoms with van der Waals surface area (Å²) in [7, 11) is 1.58. The highest BCUT2D eigenvalue weighted by atomic mass is 16.5. The minimum Gasteiger partial charge on any atom is -0.493 e. The minimum atomic E-state index is -0.351. The molecule has 2 aromatic rings. The average Bonchev–Trinajstić information content (AvgIpc) is 3.26. The van der Waals surface area contributed by atoms with Crippen LogP contribution in [0.3, 0.4) is 0 Å². The summed E-state index contributed by atoms with van der Waals surface area (Å²) in [5, 5.41) is 5.52. The Labute approximate surface area is 200 Å². The first-order chi connectivity index (χ1) is 16.3. The van der Waals surface area contributed by atoms with E-state index in [1.807, 2.05) is 25.1 Å². The van der Waals surface area contributed by atoms with E-state index in [0.717, 1.165) is 17.7 Å². The molecule has 1 atom stereocenters. The molecule has 0 bridgehead atoms. The van der Waals surface area contributed by atoms with E-state index in [1.165, 1.54) is 0 Å². The normalized spacial score (nSPS) is 14.1. The van der Waals surface area contributed by atoms with Crippen LogP contribution in [0.5, 0.6) is 11.5 Å². The summed E-state index contributed by atoms with van der Waals surface area (Å²) < 4.78 is 11.2. The highest BCUT2D eigenvalue weighted by molar-refractivity contribution is 5.98. The lowest BCUT2D eigenvalue weighted by Crippen LogP contribution is -2.38. The van der Waals surface area contributed by atoms with E-state index in [1.54, 1.807) is 36.3 Å². The molecule has 3 amide bonds. The van der Waals surface area contributed by atoms with Crippen molar-refractivity contribution >= 4 is 23.4 Å². The van der Waals surface area contributed by atoms with Crippen LogP contribution in [0.1, 0.15) is 55.6 Å². The molecule has 1 aliphatic heterocycles. The van der Waals surface area contributed by atoms with Crippen molar-refractivity contribution in [1.82, 2.24) is 10.6 Å². The van der Waals surface area contributed by atoms with Gasteiger partial charge in [-0.15, -0.1) is 0 Å². The molecular formula is C26H33N3O5. The van der Waals surface area contributed by atoms with Crippen LogP contribution in [0.25, 0.3) is 0 Å². The maximum absolute atomic E-state index is 12.4. The maximum atomic E-state index is 12.4. The second kappa shape index (κ2) is 11.5. The van der Waals surface area contributed by atoms with Crippen LogP contribution in [0.15, 0.2) is 42.5 Å². The molecule has 0 saturated carbocycles. The summed E-state index contributed by atoms with van der Waals surface area (Å²) in [6.45, 7) is 7.14. The fraction of sp³-hybridized carbons (Fsp3) is 0.423. The van der Waals surface area contributed by atoms with E-state index in [-0.39, 0.29) is 30.3 Å². The predicted octanol–water partition coefficient (Wildman–Crippen LogP) is 3.46. The third-order valence-electron chi connectivity index (χ3n) is 5.56. The first-order valence-corrected chi connectivity index (χ1v) is 11.6. The minimum absolute atomic E-state index is 0.0957. The number of rotatable bonds is 10. The number of benzene rings is 2. The predicted molar refractivity (Wildman–Crippen MR) is 130 cm³/mol. The fourth-order valence-corrected chi connectivity index (χ4v) is 3.68. The number of nitrogens with zero attached hydrogens (tertiary/aromatic N) is 1. The number of nitrogens with one attached hydrogen (secondary N) is 2. The molecular weight excluding hydrogens is 434 g/mol. The van der Waals surface area contributed by atoms with Crippen molar-refractivity contribution in [2.75, 3.05) is 31.7 Å². The highest BCUT2D eigenvalue weighted by Gasteiger charge is 2.22. The third kappa shape index (κ3) is 6.50. The van der Waals surface area contributed by atoms with Crippen LogP contribution in [-0.2, 0) is 9.59 Å². The van der Waals surface area contributed by atoms with Gasteiger partial charge in [-0.3, -0.25) is 14.4 Å². The summed E-state index contributed by atoms with van der Waals surface area (Å²) in [4.78, 5) is 38.4. The topological polar surface area (TPSA) is 97.0 Å². The number of carbonyl (C=O) groups excluding carboxylic acids is 3. The van der Waals surface area contributed by atoms with E-state index in [4.69, 9.17) is 9.47 Å². The Kier molecular flexibility index (Phi) is 8.51. The smallest absolute Gasteiger partial charge is 0.251 e. The average molecular weight is 468 g/mol. The van der Waals surface area contributed by atoms with E-state index in [9.17, 15) is 14.4 Å². The summed E-state index contributed by atoms with van der Waals surface area (Å²) in [5.74, 6) is 1.09. The van der Waals surface area contributed by atoms with Gasteiger partial charge in [0.05, 0.1) is 26.3 Å². The van der Waals surface area contributed by atoms with Crippen LogP contribution in [0.4, 0.5) is 5.69 Å². The molecule has 34 heavy (non-hydrogen) atoms. The Morgan fingerprint density at radius 3 is 2.41 bits per heavy atom. The summed E-state index contributed by atoms with van der Waals surface area (Å²) in [6.07, 6.45) is 1.40. The fourth-order valence-electron chi connectivity index (χ4n) is 3.68. The third-order valence-corrected chi connectivity index (χ3v) is 5.56. The standard InChI is InChI=1S/C26H33N3O5/c1-17(2)16-34-22-12-9-20(14-23(22)33-4)18(3)28-24(30)15-27-26(32)19-7-10-21(11-8-19)29-13-5-6-25(29)31/h7-12,14,17-18H,5-6,13,15-16H2,1-4H3,(H,27,32)(H,28,30). The second-order valence-electron chi connectivity index (χ2n) is 8.78. The van der Waals surface area contributed by atoms with Gasteiger partial charge in [0.2, 0.25) is 11.8 Å². The summed E-state index contributed by atoms with van der Waals surface area (Å²) in [6, 6.07) is 12.1. The number of hydrogen-bond acceptors (Lipinski definition) is 5. The number of carbonyl (C=O) groups is 3. The van der Waals surface area contributed by atoms with Crippen molar-refractivity contribution in [3.63, 3.8) is 0 Å². The Bertz CT molecular complexity index is 1020. The molecule has 8 nitrogen and oxygen atoms in total. The van der Waals surface area contributed by atoms with Crippen LogP contribution in [0, 0.1) is 5.92 Å². The van der Waals surface area contributed by atoms with Gasteiger partial charge in [-0.1, -0.05) is 19.9 Å². The number of amides is 3. The zero-order valence-electron chi connectivity index (χ0n) is 20.2. The molecule has 2 N–H and O–H groups in total. The van der Waals surface area contributed by atoms with Crippen molar-refractivity contribution in [3.05, 3.63) is 53.6 Å². The molecule has 1 aliphatic rings. The quantitative estimate of drug-likeness (QED) is 0.558. The van der Waals surface area contributed by atoms with Crippen LogP contribution >= 0.6 is 0 Å². The van der Waals surface area contributed by atoms with E-state index >= 15 is 0 Å². The van der Waals surface area contributed by atoms with Crippen LogP contribution < -0.4 is 25.0 Å². The first kappa shape index (κ1) is 25.1. The molecule has 0 spiro atoms. The van der Waals surface area contributed by atoms with Crippen molar-refractivity contribution in [1.29, 1.82) is 0 Å². The molecule has 0 aliphatic carbocycles. The Morgan fingerprint density at radius 2 is 1.79 bits per heavy atom. The number of hydrogen-bond donors (Lipinski definition) is 2. The van der Waals surface area contributed by atoms with Gasteiger partial charge in [-0.05, 0) is 61.2 Å². The van der Waals surface area contributed by atoms with Crippen molar-refractivity contribution in [2.24, 2.45) is 5.92 Å². The first-order valence-electron chi connectivity index (χ1n) is 11.6. The summed E-state index contributed by atoms with van der Waals surface area (Å²) in [5.41, 5.74) is 2.07. The monoisotopic (exact) mass is 467 g/mol. The number of ether oxygens (including phenoxy) is 2. The lowest BCUT2D eigenvalue weighted by molar-refractivity contribution is -0.120.